The first-order valence-corrected chi connectivity index (χ1v) is 6.06. The average molecular weight is 258 g/mol. The van der Waals surface area contributed by atoms with E-state index < -0.39 is 0 Å². The van der Waals surface area contributed by atoms with Crippen LogP contribution in [0.5, 0.6) is 5.75 Å². The molecule has 0 unspecified atom stereocenters. The SMILES string of the molecule is Fc1ccc(OCc2nccs2)c(CCl)c1. The molecule has 0 N–H and O–H groups in total. The first-order valence-electron chi connectivity index (χ1n) is 4.65. The lowest BCUT2D eigenvalue weighted by Gasteiger charge is -2.08. The largest absolute Gasteiger partial charge is 0.486 e. The summed E-state index contributed by atoms with van der Waals surface area (Å²) in [5, 5.41) is 2.76. The zero-order chi connectivity index (χ0) is 11.4. The summed E-state index contributed by atoms with van der Waals surface area (Å²) in [6.07, 6.45) is 1.72. The Balaban J connectivity index is 2.09. The van der Waals surface area contributed by atoms with Gasteiger partial charge in [-0.2, -0.15) is 0 Å². The van der Waals surface area contributed by atoms with Gasteiger partial charge in [0.1, 0.15) is 23.2 Å². The van der Waals surface area contributed by atoms with Gasteiger partial charge in [0, 0.05) is 17.1 Å². The number of halogens is 2. The molecule has 1 heterocycles. The molecule has 16 heavy (non-hydrogen) atoms. The summed E-state index contributed by atoms with van der Waals surface area (Å²) in [6, 6.07) is 4.32. The van der Waals surface area contributed by atoms with Gasteiger partial charge in [-0.05, 0) is 18.2 Å². The van der Waals surface area contributed by atoms with Gasteiger partial charge in [-0.25, -0.2) is 9.37 Å². The Morgan fingerprint density at radius 1 is 1.44 bits per heavy atom. The van der Waals surface area contributed by atoms with Crippen LogP contribution in [0, 0.1) is 5.82 Å². The van der Waals surface area contributed by atoms with Gasteiger partial charge in [-0.3, -0.25) is 0 Å². The molecule has 2 nitrogen and oxygen atoms in total. The molecule has 1 aromatic carbocycles. The first-order chi connectivity index (χ1) is 7.79. The number of benzene rings is 1. The second-order valence-corrected chi connectivity index (χ2v) is 4.35. The van der Waals surface area contributed by atoms with E-state index in [-0.39, 0.29) is 11.7 Å². The minimum Gasteiger partial charge on any atom is -0.486 e. The topological polar surface area (TPSA) is 22.1 Å². The number of rotatable bonds is 4. The molecule has 1 aromatic heterocycles. The van der Waals surface area contributed by atoms with Crippen LogP contribution in [0.2, 0.25) is 0 Å². The van der Waals surface area contributed by atoms with Crippen molar-refractivity contribution < 1.29 is 9.13 Å². The van der Waals surface area contributed by atoms with Gasteiger partial charge in [0.2, 0.25) is 0 Å². The highest BCUT2D eigenvalue weighted by Crippen LogP contribution is 2.22. The fourth-order valence-electron chi connectivity index (χ4n) is 1.26. The van der Waals surface area contributed by atoms with E-state index >= 15 is 0 Å². The van der Waals surface area contributed by atoms with E-state index in [0.717, 1.165) is 5.01 Å². The number of hydrogen-bond acceptors (Lipinski definition) is 3. The number of hydrogen-bond donors (Lipinski definition) is 0. The lowest BCUT2D eigenvalue weighted by Crippen LogP contribution is -1.97. The smallest absolute Gasteiger partial charge is 0.140 e. The van der Waals surface area contributed by atoms with Crippen molar-refractivity contribution in [1.29, 1.82) is 0 Å². The molecule has 0 aliphatic rings. The molecule has 0 saturated carbocycles. The van der Waals surface area contributed by atoms with E-state index in [9.17, 15) is 4.39 Å². The highest BCUT2D eigenvalue weighted by molar-refractivity contribution is 7.09. The van der Waals surface area contributed by atoms with Crippen molar-refractivity contribution in [2.24, 2.45) is 0 Å². The van der Waals surface area contributed by atoms with Crippen LogP contribution in [0.1, 0.15) is 10.6 Å². The third-order valence-electron chi connectivity index (χ3n) is 2.00. The summed E-state index contributed by atoms with van der Waals surface area (Å²) >= 11 is 7.22. The highest BCUT2D eigenvalue weighted by atomic mass is 35.5. The standard InChI is InChI=1S/C11H9ClFNOS/c12-6-8-5-9(13)1-2-10(8)15-7-11-14-3-4-16-11/h1-5H,6-7H2. The summed E-state index contributed by atoms with van der Waals surface area (Å²) in [4.78, 5) is 4.09. The minimum absolute atomic E-state index is 0.227. The quantitative estimate of drug-likeness (QED) is 0.781. The van der Waals surface area contributed by atoms with Crippen LogP contribution >= 0.6 is 22.9 Å². The number of alkyl halides is 1. The van der Waals surface area contributed by atoms with Crippen LogP contribution in [-0.4, -0.2) is 4.98 Å². The molecule has 0 amide bonds. The van der Waals surface area contributed by atoms with Crippen molar-refractivity contribution in [1.82, 2.24) is 4.98 Å². The molecule has 0 aliphatic carbocycles. The maximum atomic E-state index is 12.9. The molecule has 5 heteroatoms. The molecule has 0 radical (unpaired) electrons. The molecule has 84 valence electrons. The third-order valence-corrected chi connectivity index (χ3v) is 3.04. The molecule has 2 aromatic rings. The predicted molar refractivity (Wildman–Crippen MR) is 62.4 cm³/mol. The van der Waals surface area contributed by atoms with E-state index in [2.05, 4.69) is 4.98 Å². The Morgan fingerprint density at radius 3 is 3.00 bits per heavy atom. The minimum atomic E-state index is -0.308. The number of thiazole rings is 1. The van der Waals surface area contributed by atoms with Crippen molar-refractivity contribution in [3.8, 4) is 5.75 Å². The highest BCUT2D eigenvalue weighted by Gasteiger charge is 2.05. The maximum Gasteiger partial charge on any atom is 0.140 e. The summed E-state index contributed by atoms with van der Waals surface area (Å²) in [5.41, 5.74) is 0.651. The zero-order valence-corrected chi connectivity index (χ0v) is 9.89. The molecular weight excluding hydrogens is 249 g/mol. The van der Waals surface area contributed by atoms with Gasteiger partial charge in [0.25, 0.3) is 0 Å². The van der Waals surface area contributed by atoms with E-state index in [1.165, 1.54) is 23.5 Å². The average Bonchev–Trinajstić information content (AvgIpc) is 2.80. The Morgan fingerprint density at radius 2 is 2.31 bits per heavy atom. The fraction of sp³-hybridized carbons (Fsp3) is 0.182. The van der Waals surface area contributed by atoms with Gasteiger partial charge in [-0.1, -0.05) is 0 Å². The molecule has 0 spiro atoms. The van der Waals surface area contributed by atoms with Crippen molar-refractivity contribution in [2.75, 3.05) is 0 Å². The van der Waals surface area contributed by atoms with Crippen LogP contribution in [0.3, 0.4) is 0 Å². The Hall–Kier alpha value is -1.13. The summed E-state index contributed by atoms with van der Waals surface area (Å²) in [6.45, 7) is 0.382. The number of ether oxygens (including phenoxy) is 1. The molecule has 0 atom stereocenters. The second kappa shape index (κ2) is 5.27. The van der Waals surface area contributed by atoms with E-state index in [1.54, 1.807) is 12.3 Å². The second-order valence-electron chi connectivity index (χ2n) is 3.10. The summed E-state index contributed by atoms with van der Waals surface area (Å²) < 4.78 is 18.4. The van der Waals surface area contributed by atoms with Crippen LogP contribution in [0.15, 0.2) is 29.8 Å². The molecule has 0 bridgehead atoms. The lowest BCUT2D eigenvalue weighted by atomic mass is 10.2. The van der Waals surface area contributed by atoms with E-state index in [1.807, 2.05) is 5.38 Å². The number of aromatic nitrogens is 1. The Labute approximate surface area is 102 Å². The molecule has 2 rings (SSSR count). The Kier molecular flexibility index (Phi) is 3.74. The first kappa shape index (κ1) is 11.4. The van der Waals surface area contributed by atoms with Crippen molar-refractivity contribution in [3.63, 3.8) is 0 Å². The van der Waals surface area contributed by atoms with Crippen LogP contribution < -0.4 is 4.74 Å². The van der Waals surface area contributed by atoms with Crippen molar-refractivity contribution in [3.05, 3.63) is 46.2 Å². The third kappa shape index (κ3) is 2.71. The van der Waals surface area contributed by atoms with Gasteiger partial charge in [0.05, 0.1) is 5.88 Å². The van der Waals surface area contributed by atoms with E-state index in [4.69, 9.17) is 16.3 Å². The van der Waals surface area contributed by atoms with Gasteiger partial charge in [-0.15, -0.1) is 22.9 Å². The zero-order valence-electron chi connectivity index (χ0n) is 8.32. The molecule has 0 fully saturated rings. The van der Waals surface area contributed by atoms with Gasteiger partial charge >= 0.3 is 0 Å². The lowest BCUT2D eigenvalue weighted by molar-refractivity contribution is 0.302. The van der Waals surface area contributed by atoms with Crippen molar-refractivity contribution >= 4 is 22.9 Å². The Bertz CT molecular complexity index is 461. The van der Waals surface area contributed by atoms with Gasteiger partial charge < -0.3 is 4.74 Å². The number of nitrogens with zero attached hydrogens (tertiary/aromatic N) is 1. The normalized spacial score (nSPS) is 10.4. The van der Waals surface area contributed by atoms with Crippen molar-refractivity contribution in [2.45, 2.75) is 12.5 Å². The predicted octanol–water partition coefficient (Wildman–Crippen LogP) is 3.60. The molecular formula is C11H9ClFNOS. The van der Waals surface area contributed by atoms with Crippen LogP contribution in [-0.2, 0) is 12.5 Å². The summed E-state index contributed by atoms with van der Waals surface area (Å²) in [5.74, 6) is 0.522. The monoisotopic (exact) mass is 257 g/mol. The maximum absolute atomic E-state index is 12.9. The summed E-state index contributed by atoms with van der Waals surface area (Å²) in [7, 11) is 0. The molecule has 0 saturated heterocycles. The van der Waals surface area contributed by atoms with Crippen LogP contribution in [0.25, 0.3) is 0 Å². The van der Waals surface area contributed by atoms with E-state index in [0.29, 0.717) is 17.9 Å². The fourth-order valence-corrected chi connectivity index (χ4v) is 1.99. The molecule has 0 aliphatic heterocycles. The van der Waals surface area contributed by atoms with Crippen LogP contribution in [0.4, 0.5) is 4.39 Å². The van der Waals surface area contributed by atoms with Gasteiger partial charge in [0.15, 0.2) is 0 Å².